The molecule has 0 aromatic heterocycles. The molecule has 1 rings (SSSR count). The number of oxime groups is 1. The van der Waals surface area contributed by atoms with Gasteiger partial charge in [0.05, 0.1) is 6.61 Å². The molecule has 0 amide bonds. The van der Waals surface area contributed by atoms with Crippen molar-refractivity contribution >= 4 is 26.8 Å². The summed E-state index contributed by atoms with van der Waals surface area (Å²) in [6.07, 6.45) is 2.35. The number of aliphatic hydroxyl groups excluding tert-OH is 1. The van der Waals surface area contributed by atoms with Crippen molar-refractivity contribution in [1.82, 2.24) is 4.90 Å². The van der Waals surface area contributed by atoms with Gasteiger partial charge in [0.15, 0.2) is 0 Å². The Hall–Kier alpha value is 0.120. The molecular weight excluding hydrogens is 283 g/mol. The molecule has 0 bridgehead atoms. The molecule has 0 aromatic carbocycles. The lowest BCUT2D eigenvalue weighted by molar-refractivity contribution is 0.0758. The first-order valence-electron chi connectivity index (χ1n) is 4.47. The zero-order chi connectivity index (χ0) is 9.52. The summed E-state index contributed by atoms with van der Waals surface area (Å²) in [5.74, 6) is 0. The van der Waals surface area contributed by atoms with Crippen LogP contribution in [0.15, 0.2) is 5.16 Å². The van der Waals surface area contributed by atoms with Crippen LogP contribution in [0.1, 0.15) is 12.8 Å². The van der Waals surface area contributed by atoms with Crippen molar-refractivity contribution in [3.63, 3.8) is 0 Å². The number of aliphatic hydroxyl groups is 1. The van der Waals surface area contributed by atoms with Crippen molar-refractivity contribution in [1.29, 1.82) is 0 Å². The summed E-state index contributed by atoms with van der Waals surface area (Å²) in [6.45, 7) is 2.69. The largest absolute Gasteiger partial charge is 0.395 e. The van der Waals surface area contributed by atoms with Crippen LogP contribution in [0, 0.1) is 0 Å². The average Bonchev–Trinajstić information content (AvgIpc) is 2.54. The van der Waals surface area contributed by atoms with Gasteiger partial charge in [0.25, 0.3) is 0 Å². The van der Waals surface area contributed by atoms with Crippen LogP contribution in [0.25, 0.3) is 0 Å². The monoisotopic (exact) mass is 298 g/mol. The lowest BCUT2D eigenvalue weighted by Gasteiger charge is -2.21. The second-order valence-corrected chi connectivity index (χ2v) is 3.61. The van der Waals surface area contributed by atoms with E-state index in [0.717, 1.165) is 19.5 Å². The average molecular weight is 298 g/mol. The summed E-state index contributed by atoms with van der Waals surface area (Å²) in [4.78, 5) is 7.33. The predicted molar refractivity (Wildman–Crippen MR) is 60.1 cm³/mol. The molecule has 0 spiro atoms. The van der Waals surface area contributed by atoms with Crippen LogP contribution in [-0.2, 0) is 4.84 Å². The number of β-amino-alcohol motifs (C(OH)–C–C–N with tert-alkyl or cyclic N) is 1. The maximum atomic E-state index is 8.80. The zero-order valence-electron chi connectivity index (χ0n) is 7.53. The minimum atomic E-state index is 0.228. The van der Waals surface area contributed by atoms with Crippen LogP contribution in [0.4, 0.5) is 0 Å². The van der Waals surface area contributed by atoms with E-state index in [-0.39, 0.29) is 6.61 Å². The molecule has 0 unspecified atom stereocenters. The van der Waals surface area contributed by atoms with Crippen molar-refractivity contribution in [3.05, 3.63) is 0 Å². The number of nitrogens with zero attached hydrogens (tertiary/aromatic N) is 2. The van der Waals surface area contributed by atoms with Crippen molar-refractivity contribution in [2.45, 2.75) is 18.9 Å². The van der Waals surface area contributed by atoms with Crippen LogP contribution in [0.5, 0.6) is 0 Å². The van der Waals surface area contributed by atoms with Crippen LogP contribution >= 0.6 is 22.6 Å². The SMILES string of the molecule is OCCN1CCC[C@H]1CO/N=C/I. The van der Waals surface area contributed by atoms with Crippen LogP contribution in [0.3, 0.4) is 0 Å². The number of likely N-dealkylation sites (tertiary alicyclic amines) is 1. The fourth-order valence-corrected chi connectivity index (χ4v) is 1.82. The first kappa shape index (κ1) is 11.2. The van der Waals surface area contributed by atoms with Gasteiger partial charge in [-0.3, -0.25) is 4.90 Å². The van der Waals surface area contributed by atoms with Crippen molar-refractivity contribution in [3.8, 4) is 0 Å². The fourth-order valence-electron chi connectivity index (χ4n) is 1.66. The predicted octanol–water partition coefficient (Wildman–Crippen LogP) is 0.838. The molecule has 0 aromatic rings. The van der Waals surface area contributed by atoms with Crippen molar-refractivity contribution < 1.29 is 9.94 Å². The Morgan fingerprint density at radius 1 is 1.69 bits per heavy atom. The van der Waals surface area contributed by atoms with Gasteiger partial charge < -0.3 is 9.94 Å². The zero-order valence-corrected chi connectivity index (χ0v) is 9.68. The van der Waals surface area contributed by atoms with Gasteiger partial charge in [-0.05, 0) is 42.0 Å². The van der Waals surface area contributed by atoms with E-state index in [1.807, 2.05) is 22.6 Å². The molecule has 1 aliphatic heterocycles. The van der Waals surface area contributed by atoms with E-state index >= 15 is 0 Å². The molecule has 1 N–H and O–H groups in total. The Labute approximate surface area is 92.1 Å². The molecule has 1 aliphatic rings. The third-order valence-electron chi connectivity index (χ3n) is 2.27. The quantitative estimate of drug-likeness (QED) is 0.465. The van der Waals surface area contributed by atoms with E-state index < -0.39 is 0 Å². The number of rotatable bonds is 5. The molecule has 0 radical (unpaired) electrons. The molecule has 1 atom stereocenters. The number of hydrogen-bond acceptors (Lipinski definition) is 4. The van der Waals surface area contributed by atoms with Gasteiger partial charge in [-0.25, -0.2) is 0 Å². The van der Waals surface area contributed by atoms with Crippen LogP contribution < -0.4 is 0 Å². The molecule has 1 saturated heterocycles. The third kappa shape index (κ3) is 3.78. The van der Waals surface area contributed by atoms with Gasteiger partial charge in [-0.2, -0.15) is 0 Å². The van der Waals surface area contributed by atoms with Gasteiger partial charge >= 0.3 is 0 Å². The molecule has 4 nitrogen and oxygen atoms in total. The molecule has 76 valence electrons. The first-order chi connectivity index (χ1) is 6.38. The highest BCUT2D eigenvalue weighted by Gasteiger charge is 2.24. The summed E-state index contributed by atoms with van der Waals surface area (Å²) in [5, 5.41) is 12.5. The maximum Gasteiger partial charge on any atom is 0.132 e. The lowest BCUT2D eigenvalue weighted by atomic mass is 10.2. The first-order valence-corrected chi connectivity index (χ1v) is 5.72. The van der Waals surface area contributed by atoms with E-state index in [9.17, 15) is 0 Å². The summed E-state index contributed by atoms with van der Waals surface area (Å²) in [5.41, 5.74) is 0. The smallest absolute Gasteiger partial charge is 0.132 e. The Kier molecular flexibility index (Phi) is 5.65. The van der Waals surface area contributed by atoms with Crippen LogP contribution in [-0.4, -0.2) is 46.6 Å². The van der Waals surface area contributed by atoms with E-state index in [2.05, 4.69) is 10.1 Å². The highest BCUT2D eigenvalue weighted by Crippen LogP contribution is 2.16. The van der Waals surface area contributed by atoms with E-state index in [1.54, 1.807) is 4.22 Å². The second kappa shape index (κ2) is 6.56. The lowest BCUT2D eigenvalue weighted by Crippen LogP contribution is -2.34. The number of hydrogen-bond donors (Lipinski definition) is 1. The van der Waals surface area contributed by atoms with Gasteiger partial charge in [-0.15, -0.1) is 0 Å². The van der Waals surface area contributed by atoms with Crippen LogP contribution in [0.2, 0.25) is 0 Å². The van der Waals surface area contributed by atoms with Crippen molar-refractivity contribution in [2.24, 2.45) is 5.16 Å². The summed E-state index contributed by atoms with van der Waals surface area (Å²) in [6, 6.07) is 0.437. The molecular formula is C8H15IN2O2. The highest BCUT2D eigenvalue weighted by atomic mass is 127. The Bertz CT molecular complexity index is 166. The molecule has 13 heavy (non-hydrogen) atoms. The highest BCUT2D eigenvalue weighted by molar-refractivity contribution is 14.1. The molecule has 1 fully saturated rings. The second-order valence-electron chi connectivity index (χ2n) is 3.05. The minimum Gasteiger partial charge on any atom is -0.395 e. The van der Waals surface area contributed by atoms with Gasteiger partial charge in [0.1, 0.15) is 10.8 Å². The normalized spacial score (nSPS) is 24.3. The van der Waals surface area contributed by atoms with Gasteiger partial charge in [0.2, 0.25) is 0 Å². The fraction of sp³-hybridized carbons (Fsp3) is 0.875. The summed E-state index contributed by atoms with van der Waals surface area (Å²) >= 11 is 2.03. The van der Waals surface area contributed by atoms with E-state index in [1.165, 1.54) is 6.42 Å². The summed E-state index contributed by atoms with van der Waals surface area (Å²) in [7, 11) is 0. The third-order valence-corrected chi connectivity index (χ3v) is 2.50. The molecule has 0 aliphatic carbocycles. The minimum absolute atomic E-state index is 0.228. The van der Waals surface area contributed by atoms with Gasteiger partial charge in [-0.1, -0.05) is 5.16 Å². The van der Waals surface area contributed by atoms with Crippen molar-refractivity contribution in [2.75, 3.05) is 26.3 Å². The van der Waals surface area contributed by atoms with Gasteiger partial charge in [0, 0.05) is 12.6 Å². The molecule has 1 heterocycles. The molecule has 5 heteroatoms. The Morgan fingerprint density at radius 3 is 3.23 bits per heavy atom. The standard InChI is InChI=1S/C8H15IN2O2/c9-7-10-13-6-8-2-1-3-11(8)4-5-12/h7-8,12H,1-6H2/b10-7+/t8-/m0/s1. The van der Waals surface area contributed by atoms with E-state index in [4.69, 9.17) is 9.94 Å². The topological polar surface area (TPSA) is 45.1 Å². The Morgan fingerprint density at radius 2 is 2.54 bits per heavy atom. The Balaban J connectivity index is 2.22. The molecule has 0 saturated carbocycles. The van der Waals surface area contributed by atoms with E-state index in [0.29, 0.717) is 12.6 Å². The maximum absolute atomic E-state index is 8.80. The summed E-state index contributed by atoms with van der Waals surface area (Å²) < 4.78 is 1.61. The number of halogens is 1.